The van der Waals surface area contributed by atoms with E-state index in [1.54, 1.807) is 0 Å². The van der Waals surface area contributed by atoms with Crippen LogP contribution >= 0.6 is 15.9 Å². The number of methoxy groups -OCH3 is 1. The van der Waals surface area contributed by atoms with Crippen LogP contribution in [0.1, 0.15) is 44.6 Å². The van der Waals surface area contributed by atoms with Crippen molar-refractivity contribution >= 4 is 39.5 Å². The average molecular weight is 513 g/mol. The lowest BCUT2D eigenvalue weighted by atomic mass is 9.73. The summed E-state index contributed by atoms with van der Waals surface area (Å²) in [5.41, 5.74) is 2.48. The number of ether oxygens (including phenoxy) is 2. The van der Waals surface area contributed by atoms with Gasteiger partial charge in [0.1, 0.15) is 5.71 Å². The Balaban J connectivity index is 1.74. The monoisotopic (exact) mass is 512 g/mol. The number of nitrogens with one attached hydrogen (secondary N) is 3. The molecule has 3 N–H and O–H groups in total. The molecule has 0 radical (unpaired) electrons. The van der Waals surface area contributed by atoms with Gasteiger partial charge in [0.2, 0.25) is 0 Å². The molecule has 0 saturated heterocycles. The molecule has 2 aliphatic rings. The van der Waals surface area contributed by atoms with Crippen molar-refractivity contribution < 1.29 is 28.2 Å². The Morgan fingerprint density at radius 1 is 1.38 bits per heavy atom. The summed E-state index contributed by atoms with van der Waals surface area (Å²) in [6.45, 7) is 1.85. The van der Waals surface area contributed by atoms with E-state index >= 15 is 0 Å². The Kier molecular flexibility index (Phi) is 7.37. The Bertz CT molecular complexity index is 946. The van der Waals surface area contributed by atoms with Crippen LogP contribution in [0.5, 0.6) is 5.75 Å². The summed E-state index contributed by atoms with van der Waals surface area (Å²) in [6.07, 6.45) is 2.54. The number of halogens is 2. The maximum absolute atomic E-state index is 14.1. The summed E-state index contributed by atoms with van der Waals surface area (Å²) in [4.78, 5) is 35.2. The maximum atomic E-state index is 14.1. The van der Waals surface area contributed by atoms with E-state index in [1.165, 1.54) is 26.3 Å². The molecule has 3 amide bonds. The molecular weight excluding hydrogens is 487 g/mol. The van der Waals surface area contributed by atoms with Gasteiger partial charge in [-0.15, -0.1) is 0 Å². The standard InChI is InChI=1S/C21H26BrFN4O5/c1-11(25-19(29)18(28)24-2)8-12-4-6-21(7-5-12)17(26-27-20(30)32-21)13-9-16(31-3)15(23)10-14(13)22/h9-12H,4-8H2,1-3H3,(H,24,28)(H,25,29)(H,27,30)/t11-,12?,21?/m0/s1. The van der Waals surface area contributed by atoms with E-state index in [1.807, 2.05) is 6.92 Å². The first-order valence-electron chi connectivity index (χ1n) is 10.3. The lowest BCUT2D eigenvalue weighted by Crippen LogP contribution is -2.52. The maximum Gasteiger partial charge on any atom is 0.428 e. The van der Waals surface area contributed by atoms with E-state index in [0.717, 1.165) is 12.8 Å². The van der Waals surface area contributed by atoms with Crippen molar-refractivity contribution in [2.24, 2.45) is 11.0 Å². The molecule has 9 nitrogen and oxygen atoms in total. The van der Waals surface area contributed by atoms with Crippen LogP contribution in [0.3, 0.4) is 0 Å². The molecule has 32 heavy (non-hydrogen) atoms. The Morgan fingerprint density at radius 2 is 2.06 bits per heavy atom. The Hall–Kier alpha value is -2.69. The normalized spacial score (nSPS) is 23.5. The van der Waals surface area contributed by atoms with Gasteiger partial charge in [-0.25, -0.2) is 14.6 Å². The SMILES string of the molecule is CNC(=O)C(=O)N[C@@H](C)CC1CCC2(CC1)OC(=O)NN=C2c1cc(OC)c(F)cc1Br. The Morgan fingerprint density at radius 3 is 2.69 bits per heavy atom. The number of hydrogen-bond acceptors (Lipinski definition) is 6. The van der Waals surface area contributed by atoms with Gasteiger partial charge >= 0.3 is 17.9 Å². The summed E-state index contributed by atoms with van der Waals surface area (Å²) in [5.74, 6) is -1.53. The topological polar surface area (TPSA) is 118 Å². The zero-order valence-electron chi connectivity index (χ0n) is 18.1. The first kappa shape index (κ1) is 24.0. The lowest BCUT2D eigenvalue weighted by molar-refractivity contribution is -0.139. The van der Waals surface area contributed by atoms with Crippen molar-refractivity contribution in [2.75, 3.05) is 14.2 Å². The first-order valence-corrected chi connectivity index (χ1v) is 11.1. The third kappa shape index (κ3) is 5.03. The van der Waals surface area contributed by atoms with Gasteiger partial charge in [-0.2, -0.15) is 5.10 Å². The largest absolute Gasteiger partial charge is 0.494 e. The molecule has 3 rings (SSSR count). The van der Waals surface area contributed by atoms with Gasteiger partial charge in [0.05, 0.1) is 7.11 Å². The van der Waals surface area contributed by atoms with Crippen molar-refractivity contribution in [1.82, 2.24) is 16.1 Å². The van der Waals surface area contributed by atoms with Crippen LogP contribution < -0.4 is 20.8 Å². The summed E-state index contributed by atoms with van der Waals surface area (Å²) < 4.78 is 25.4. The fourth-order valence-corrected chi connectivity index (χ4v) is 4.81. The highest BCUT2D eigenvalue weighted by molar-refractivity contribution is 9.10. The molecule has 0 unspecified atom stereocenters. The highest BCUT2D eigenvalue weighted by Crippen LogP contribution is 2.42. The molecule has 0 bridgehead atoms. The molecule has 1 aliphatic heterocycles. The van der Waals surface area contributed by atoms with Crippen molar-refractivity contribution in [3.63, 3.8) is 0 Å². The molecule has 174 valence electrons. The number of nitrogens with zero attached hydrogens (tertiary/aromatic N) is 1. The van der Waals surface area contributed by atoms with E-state index < -0.39 is 29.3 Å². The molecule has 1 fully saturated rings. The number of amides is 3. The molecule has 1 aliphatic carbocycles. The van der Waals surface area contributed by atoms with Crippen molar-refractivity contribution in [3.05, 3.63) is 28.0 Å². The minimum absolute atomic E-state index is 0.0623. The highest BCUT2D eigenvalue weighted by Gasteiger charge is 2.47. The molecule has 1 aromatic rings. The van der Waals surface area contributed by atoms with Gasteiger partial charge in [-0.3, -0.25) is 9.59 Å². The predicted octanol–water partition coefficient (Wildman–Crippen LogP) is 2.61. The molecule has 1 aromatic carbocycles. The van der Waals surface area contributed by atoms with E-state index in [9.17, 15) is 18.8 Å². The van der Waals surface area contributed by atoms with E-state index in [-0.39, 0.29) is 17.7 Å². The molecule has 11 heteroatoms. The third-order valence-electron chi connectivity index (χ3n) is 5.89. The quantitative estimate of drug-likeness (QED) is 0.524. The van der Waals surface area contributed by atoms with E-state index in [2.05, 4.69) is 37.1 Å². The summed E-state index contributed by atoms with van der Waals surface area (Å²) in [7, 11) is 2.78. The highest BCUT2D eigenvalue weighted by atomic mass is 79.9. The van der Waals surface area contributed by atoms with Crippen LogP contribution in [0.2, 0.25) is 0 Å². The number of likely N-dealkylation sites (N-methyl/N-ethyl adjacent to an activating group) is 1. The molecular formula is C21H26BrFN4O5. The molecule has 0 aromatic heterocycles. The van der Waals surface area contributed by atoms with E-state index in [0.29, 0.717) is 35.0 Å². The lowest BCUT2D eigenvalue weighted by Gasteiger charge is -2.42. The van der Waals surface area contributed by atoms with E-state index in [4.69, 9.17) is 9.47 Å². The summed E-state index contributed by atoms with van der Waals surface area (Å²) in [5, 5.41) is 9.25. The molecule has 1 saturated carbocycles. The van der Waals surface area contributed by atoms with Crippen molar-refractivity contribution in [3.8, 4) is 5.75 Å². The number of hydrazone groups is 1. The second kappa shape index (κ2) is 9.85. The molecule has 1 spiro atoms. The van der Waals surface area contributed by atoms with Crippen LogP contribution in [0.25, 0.3) is 0 Å². The zero-order chi connectivity index (χ0) is 23.5. The minimum Gasteiger partial charge on any atom is -0.494 e. The summed E-state index contributed by atoms with van der Waals surface area (Å²) >= 11 is 3.38. The van der Waals surface area contributed by atoms with Gasteiger partial charge in [-0.1, -0.05) is 0 Å². The number of benzene rings is 1. The number of carbonyl (C=O) groups is 3. The van der Waals surface area contributed by atoms with Gasteiger partial charge in [0.25, 0.3) is 0 Å². The molecule has 1 heterocycles. The minimum atomic E-state index is -0.946. The van der Waals surface area contributed by atoms with Gasteiger partial charge in [0.15, 0.2) is 17.2 Å². The predicted molar refractivity (Wildman–Crippen MR) is 118 cm³/mol. The van der Waals surface area contributed by atoms with Gasteiger partial charge < -0.3 is 20.1 Å². The van der Waals surface area contributed by atoms with Crippen LogP contribution in [0.15, 0.2) is 21.7 Å². The third-order valence-corrected chi connectivity index (χ3v) is 6.54. The molecule has 1 atom stereocenters. The fraction of sp³-hybridized carbons (Fsp3) is 0.524. The fourth-order valence-electron chi connectivity index (χ4n) is 4.30. The number of carbonyl (C=O) groups excluding carboxylic acids is 3. The van der Waals surface area contributed by atoms with Crippen LogP contribution in [0.4, 0.5) is 9.18 Å². The second-order valence-corrected chi connectivity index (χ2v) is 8.91. The van der Waals surface area contributed by atoms with Crippen LogP contribution in [-0.4, -0.2) is 49.4 Å². The van der Waals surface area contributed by atoms with Crippen molar-refractivity contribution in [2.45, 2.75) is 50.7 Å². The van der Waals surface area contributed by atoms with Crippen LogP contribution in [-0.2, 0) is 14.3 Å². The number of rotatable bonds is 5. The Labute approximate surface area is 193 Å². The zero-order valence-corrected chi connectivity index (χ0v) is 19.7. The van der Waals surface area contributed by atoms with Crippen LogP contribution in [0, 0.1) is 11.7 Å². The van der Waals surface area contributed by atoms with Gasteiger partial charge in [-0.05, 0) is 73.0 Å². The average Bonchev–Trinajstić information content (AvgIpc) is 2.75. The smallest absolute Gasteiger partial charge is 0.428 e. The second-order valence-electron chi connectivity index (χ2n) is 8.06. The van der Waals surface area contributed by atoms with Crippen molar-refractivity contribution in [1.29, 1.82) is 0 Å². The number of hydrogen-bond donors (Lipinski definition) is 3. The first-order chi connectivity index (χ1) is 15.2. The summed E-state index contributed by atoms with van der Waals surface area (Å²) in [6, 6.07) is 2.64. The van der Waals surface area contributed by atoms with Gasteiger partial charge in [0, 0.05) is 23.1 Å².